The number of ether oxygens (including phenoxy) is 1. The van der Waals surface area contributed by atoms with Gasteiger partial charge in [-0.3, -0.25) is 0 Å². The predicted molar refractivity (Wildman–Crippen MR) is 53.8 cm³/mol. The van der Waals surface area contributed by atoms with Gasteiger partial charge in [-0.15, -0.1) is 0 Å². The van der Waals surface area contributed by atoms with Crippen molar-refractivity contribution < 1.29 is 4.74 Å². The molecule has 0 radical (unpaired) electrons. The summed E-state index contributed by atoms with van der Waals surface area (Å²) in [5, 5.41) is 3.60. The third-order valence-electron chi connectivity index (χ3n) is 3.36. The van der Waals surface area contributed by atoms with Gasteiger partial charge in [-0.05, 0) is 44.6 Å². The van der Waals surface area contributed by atoms with Crippen molar-refractivity contribution in [1.29, 1.82) is 0 Å². The summed E-state index contributed by atoms with van der Waals surface area (Å²) >= 11 is 0. The lowest BCUT2D eigenvalue weighted by molar-refractivity contribution is 0.182. The molecule has 2 rings (SSSR count). The third-order valence-corrected chi connectivity index (χ3v) is 3.36. The first-order valence-electron chi connectivity index (χ1n) is 5.76. The molecule has 0 bridgehead atoms. The van der Waals surface area contributed by atoms with Crippen LogP contribution in [0.1, 0.15) is 38.5 Å². The van der Waals surface area contributed by atoms with E-state index in [-0.39, 0.29) is 0 Å². The van der Waals surface area contributed by atoms with Crippen molar-refractivity contribution in [2.75, 3.05) is 19.8 Å². The highest BCUT2D eigenvalue weighted by Crippen LogP contribution is 2.21. The van der Waals surface area contributed by atoms with E-state index in [4.69, 9.17) is 4.74 Å². The zero-order chi connectivity index (χ0) is 8.93. The van der Waals surface area contributed by atoms with E-state index in [0.717, 1.165) is 25.2 Å². The van der Waals surface area contributed by atoms with Crippen molar-refractivity contribution in [2.24, 2.45) is 5.92 Å². The molecule has 2 aliphatic rings. The molecule has 2 fully saturated rings. The van der Waals surface area contributed by atoms with Crippen LogP contribution in [-0.2, 0) is 4.74 Å². The fourth-order valence-electron chi connectivity index (χ4n) is 2.42. The van der Waals surface area contributed by atoms with Gasteiger partial charge < -0.3 is 10.1 Å². The second-order valence-electron chi connectivity index (χ2n) is 4.45. The topological polar surface area (TPSA) is 21.3 Å². The van der Waals surface area contributed by atoms with E-state index in [0.29, 0.717) is 0 Å². The lowest BCUT2D eigenvalue weighted by atomic mass is 9.95. The van der Waals surface area contributed by atoms with Crippen molar-refractivity contribution in [3.8, 4) is 0 Å². The van der Waals surface area contributed by atoms with E-state index >= 15 is 0 Å². The summed E-state index contributed by atoms with van der Waals surface area (Å²) in [6.45, 7) is 3.27. The van der Waals surface area contributed by atoms with Gasteiger partial charge in [0, 0.05) is 19.3 Å². The second kappa shape index (κ2) is 4.97. The summed E-state index contributed by atoms with van der Waals surface area (Å²) in [6.07, 6.45) is 8.24. The summed E-state index contributed by atoms with van der Waals surface area (Å²) in [7, 11) is 0. The highest BCUT2D eigenvalue weighted by Gasteiger charge is 2.18. The van der Waals surface area contributed by atoms with Crippen LogP contribution >= 0.6 is 0 Å². The van der Waals surface area contributed by atoms with E-state index in [1.165, 1.54) is 45.1 Å². The molecule has 2 heterocycles. The highest BCUT2D eigenvalue weighted by atomic mass is 16.5. The fourth-order valence-corrected chi connectivity index (χ4v) is 2.42. The molecule has 2 atom stereocenters. The molecule has 76 valence electrons. The third kappa shape index (κ3) is 2.96. The smallest absolute Gasteiger partial charge is 0.0495 e. The molecule has 2 heteroatoms. The van der Waals surface area contributed by atoms with Crippen LogP contribution in [0.4, 0.5) is 0 Å². The maximum absolute atomic E-state index is 5.38. The molecule has 1 N–H and O–H groups in total. The van der Waals surface area contributed by atoms with Gasteiger partial charge in [0.1, 0.15) is 0 Å². The molecule has 0 saturated carbocycles. The first-order valence-corrected chi connectivity index (χ1v) is 5.76. The molecule has 2 nitrogen and oxygen atoms in total. The average Bonchev–Trinajstić information content (AvgIpc) is 2.69. The van der Waals surface area contributed by atoms with Crippen LogP contribution in [0.3, 0.4) is 0 Å². The summed E-state index contributed by atoms with van der Waals surface area (Å²) < 4.78 is 5.38. The molecule has 2 aliphatic heterocycles. The first-order chi connectivity index (χ1) is 6.45. The fraction of sp³-hybridized carbons (Fsp3) is 1.00. The molecular weight excluding hydrogens is 162 g/mol. The summed E-state index contributed by atoms with van der Waals surface area (Å²) in [4.78, 5) is 0. The lowest BCUT2D eigenvalue weighted by Gasteiger charge is -2.24. The standard InChI is InChI=1S/C11H21NO/c1-2-7-12-11(3-1)5-4-10-6-8-13-9-10/h10-12H,1-9H2. The number of rotatable bonds is 3. The van der Waals surface area contributed by atoms with Crippen LogP contribution < -0.4 is 5.32 Å². The van der Waals surface area contributed by atoms with Crippen molar-refractivity contribution in [3.05, 3.63) is 0 Å². The Bertz CT molecular complexity index is 137. The van der Waals surface area contributed by atoms with Crippen molar-refractivity contribution in [3.63, 3.8) is 0 Å². The molecule has 0 aromatic heterocycles. The molecule has 0 amide bonds. The Morgan fingerprint density at radius 2 is 2.15 bits per heavy atom. The van der Waals surface area contributed by atoms with Crippen LogP contribution in [0.2, 0.25) is 0 Å². The molecular formula is C11H21NO. The maximum atomic E-state index is 5.38. The van der Waals surface area contributed by atoms with Gasteiger partial charge in [0.25, 0.3) is 0 Å². The molecule has 0 aromatic carbocycles. The molecule has 0 aliphatic carbocycles. The first kappa shape index (κ1) is 9.47. The zero-order valence-corrected chi connectivity index (χ0v) is 8.43. The Labute approximate surface area is 81.0 Å². The SMILES string of the molecule is C1CCC(CCC2CCOC2)NC1. The average molecular weight is 183 g/mol. The Kier molecular flexibility index (Phi) is 3.62. The Morgan fingerprint density at radius 3 is 2.85 bits per heavy atom. The largest absolute Gasteiger partial charge is 0.381 e. The van der Waals surface area contributed by atoms with E-state index in [1.807, 2.05) is 0 Å². The molecule has 0 aromatic rings. The van der Waals surface area contributed by atoms with E-state index < -0.39 is 0 Å². The maximum Gasteiger partial charge on any atom is 0.0495 e. The summed E-state index contributed by atoms with van der Waals surface area (Å²) in [6, 6.07) is 0.814. The minimum Gasteiger partial charge on any atom is -0.381 e. The van der Waals surface area contributed by atoms with Gasteiger partial charge in [0.05, 0.1) is 0 Å². The van der Waals surface area contributed by atoms with Gasteiger partial charge in [0.2, 0.25) is 0 Å². The van der Waals surface area contributed by atoms with Crippen molar-refractivity contribution in [1.82, 2.24) is 5.32 Å². The monoisotopic (exact) mass is 183 g/mol. The van der Waals surface area contributed by atoms with Crippen LogP contribution in [-0.4, -0.2) is 25.8 Å². The van der Waals surface area contributed by atoms with Gasteiger partial charge >= 0.3 is 0 Å². The Hall–Kier alpha value is -0.0800. The second-order valence-corrected chi connectivity index (χ2v) is 4.45. The number of hydrogen-bond acceptors (Lipinski definition) is 2. The molecule has 13 heavy (non-hydrogen) atoms. The minimum absolute atomic E-state index is 0.814. The van der Waals surface area contributed by atoms with E-state index in [9.17, 15) is 0 Å². The van der Waals surface area contributed by atoms with Gasteiger partial charge in [-0.2, -0.15) is 0 Å². The van der Waals surface area contributed by atoms with Crippen molar-refractivity contribution >= 4 is 0 Å². The van der Waals surface area contributed by atoms with E-state index in [1.54, 1.807) is 0 Å². The Balaban J connectivity index is 1.60. The van der Waals surface area contributed by atoms with Gasteiger partial charge in [-0.1, -0.05) is 6.42 Å². The lowest BCUT2D eigenvalue weighted by Crippen LogP contribution is -2.34. The molecule has 2 saturated heterocycles. The molecule has 0 spiro atoms. The van der Waals surface area contributed by atoms with Crippen LogP contribution in [0.25, 0.3) is 0 Å². The van der Waals surface area contributed by atoms with Gasteiger partial charge in [0.15, 0.2) is 0 Å². The normalized spacial score (nSPS) is 35.1. The van der Waals surface area contributed by atoms with Crippen LogP contribution in [0.15, 0.2) is 0 Å². The number of piperidine rings is 1. The highest BCUT2D eigenvalue weighted by molar-refractivity contribution is 4.74. The zero-order valence-electron chi connectivity index (χ0n) is 8.43. The quantitative estimate of drug-likeness (QED) is 0.722. The molecule has 2 unspecified atom stereocenters. The summed E-state index contributed by atoms with van der Waals surface area (Å²) in [5.74, 6) is 0.865. The Morgan fingerprint density at radius 1 is 1.15 bits per heavy atom. The van der Waals surface area contributed by atoms with Gasteiger partial charge in [-0.25, -0.2) is 0 Å². The number of nitrogens with one attached hydrogen (secondary N) is 1. The van der Waals surface area contributed by atoms with E-state index in [2.05, 4.69) is 5.32 Å². The number of hydrogen-bond donors (Lipinski definition) is 1. The minimum atomic E-state index is 0.814. The summed E-state index contributed by atoms with van der Waals surface area (Å²) in [5.41, 5.74) is 0. The van der Waals surface area contributed by atoms with Crippen molar-refractivity contribution in [2.45, 2.75) is 44.6 Å². The van der Waals surface area contributed by atoms with Crippen LogP contribution in [0.5, 0.6) is 0 Å². The van der Waals surface area contributed by atoms with Crippen LogP contribution in [0, 0.1) is 5.92 Å². The predicted octanol–water partition coefficient (Wildman–Crippen LogP) is 1.95.